The normalized spacial score (nSPS) is 24.9. The van der Waals surface area contributed by atoms with Crippen molar-refractivity contribution in [3.63, 3.8) is 0 Å². The highest BCUT2D eigenvalue weighted by Crippen LogP contribution is 2.39. The number of rotatable bonds is 3. The van der Waals surface area contributed by atoms with Crippen LogP contribution < -0.4 is 11.3 Å². The molecule has 2 unspecified atom stereocenters. The molecule has 0 radical (unpaired) electrons. The molecule has 0 spiro atoms. The predicted molar refractivity (Wildman–Crippen MR) is 65.1 cm³/mol. The van der Waals surface area contributed by atoms with Crippen molar-refractivity contribution >= 4 is 0 Å². The minimum absolute atomic E-state index is 0.255. The largest absolute Gasteiger partial charge is 0.419 e. The number of alkyl halides is 3. The molecule has 0 amide bonds. The van der Waals surface area contributed by atoms with Crippen molar-refractivity contribution in [2.24, 2.45) is 5.84 Å². The number of benzene rings is 1. The van der Waals surface area contributed by atoms with Gasteiger partial charge in [-0.2, -0.15) is 13.2 Å². The zero-order valence-corrected chi connectivity index (χ0v) is 10.9. The molecule has 1 aliphatic heterocycles. The van der Waals surface area contributed by atoms with Gasteiger partial charge in [0, 0.05) is 6.61 Å². The van der Waals surface area contributed by atoms with E-state index in [1.54, 1.807) is 6.92 Å². The zero-order valence-electron chi connectivity index (χ0n) is 10.9. The summed E-state index contributed by atoms with van der Waals surface area (Å²) >= 11 is 0. The number of halogens is 4. The number of nitrogens with one attached hydrogen (secondary N) is 1. The minimum atomic E-state index is -4.74. The van der Waals surface area contributed by atoms with Gasteiger partial charge < -0.3 is 4.74 Å². The van der Waals surface area contributed by atoms with Crippen molar-refractivity contribution in [2.45, 2.75) is 37.6 Å². The van der Waals surface area contributed by atoms with E-state index < -0.39 is 29.2 Å². The second-order valence-corrected chi connectivity index (χ2v) is 5.10. The highest BCUT2D eigenvalue weighted by atomic mass is 19.4. The summed E-state index contributed by atoms with van der Waals surface area (Å²) in [6.45, 7) is 2.31. The van der Waals surface area contributed by atoms with E-state index >= 15 is 0 Å². The van der Waals surface area contributed by atoms with E-state index in [1.165, 1.54) is 6.07 Å². The first-order valence-corrected chi connectivity index (χ1v) is 6.25. The van der Waals surface area contributed by atoms with Gasteiger partial charge in [-0.15, -0.1) is 0 Å². The summed E-state index contributed by atoms with van der Waals surface area (Å²) in [5, 5.41) is 0. The number of hydrogen-bond acceptors (Lipinski definition) is 3. The van der Waals surface area contributed by atoms with Gasteiger partial charge in [-0.25, -0.2) is 4.39 Å². The average Bonchev–Trinajstić information content (AvgIpc) is 2.78. The Kier molecular flexibility index (Phi) is 4.04. The van der Waals surface area contributed by atoms with Crippen LogP contribution in [0, 0.1) is 5.82 Å². The van der Waals surface area contributed by atoms with Crippen LogP contribution in [-0.2, 0) is 10.9 Å². The molecule has 1 aliphatic rings. The Hall–Kier alpha value is -1.18. The van der Waals surface area contributed by atoms with Crippen LogP contribution in [0.3, 0.4) is 0 Å². The van der Waals surface area contributed by atoms with Crippen LogP contribution in [0.5, 0.6) is 0 Å². The molecule has 0 bridgehead atoms. The Morgan fingerprint density at radius 3 is 2.60 bits per heavy atom. The SMILES string of the molecule is CC1(C(NN)c2ccc(F)c(C(F)(F)F)c2)CCCO1. The van der Waals surface area contributed by atoms with Crippen molar-refractivity contribution in [2.75, 3.05) is 6.61 Å². The Morgan fingerprint density at radius 1 is 1.40 bits per heavy atom. The minimum Gasteiger partial charge on any atom is -0.373 e. The monoisotopic (exact) mass is 292 g/mol. The molecule has 1 saturated heterocycles. The van der Waals surface area contributed by atoms with E-state index in [-0.39, 0.29) is 5.56 Å². The Bertz CT molecular complexity index is 484. The molecular formula is C13H16F4N2O. The van der Waals surface area contributed by atoms with Gasteiger partial charge in [-0.1, -0.05) is 6.07 Å². The van der Waals surface area contributed by atoms with Crippen LogP contribution in [0.25, 0.3) is 0 Å². The van der Waals surface area contributed by atoms with Gasteiger partial charge in [0.05, 0.1) is 17.2 Å². The lowest BCUT2D eigenvalue weighted by Crippen LogP contribution is -2.44. The first-order valence-electron chi connectivity index (χ1n) is 6.25. The van der Waals surface area contributed by atoms with Crippen molar-refractivity contribution in [3.05, 3.63) is 35.1 Å². The summed E-state index contributed by atoms with van der Waals surface area (Å²) in [7, 11) is 0. The number of ether oxygens (including phenoxy) is 1. The van der Waals surface area contributed by atoms with Crippen LogP contribution in [0.4, 0.5) is 17.6 Å². The Labute approximate surface area is 114 Å². The summed E-state index contributed by atoms with van der Waals surface area (Å²) in [5.41, 5.74) is 0.746. The molecule has 0 saturated carbocycles. The lowest BCUT2D eigenvalue weighted by atomic mass is 9.87. The van der Waals surface area contributed by atoms with Gasteiger partial charge in [-0.05, 0) is 37.5 Å². The second-order valence-electron chi connectivity index (χ2n) is 5.10. The second kappa shape index (κ2) is 5.31. The van der Waals surface area contributed by atoms with Crippen molar-refractivity contribution in [3.8, 4) is 0 Å². The molecule has 0 aliphatic carbocycles. The molecule has 0 aromatic heterocycles. The third-order valence-corrected chi connectivity index (χ3v) is 3.66. The molecule has 1 heterocycles. The molecule has 2 atom stereocenters. The number of nitrogens with two attached hydrogens (primary N) is 1. The summed E-state index contributed by atoms with van der Waals surface area (Å²) in [4.78, 5) is 0. The molecule has 3 nitrogen and oxygen atoms in total. The van der Waals surface area contributed by atoms with Crippen molar-refractivity contribution in [1.29, 1.82) is 0 Å². The maximum Gasteiger partial charge on any atom is 0.419 e. The first-order chi connectivity index (χ1) is 9.28. The molecule has 20 heavy (non-hydrogen) atoms. The fourth-order valence-electron chi connectivity index (χ4n) is 2.59. The third-order valence-electron chi connectivity index (χ3n) is 3.66. The number of hydrazine groups is 1. The maximum atomic E-state index is 13.3. The summed E-state index contributed by atoms with van der Waals surface area (Å²) in [6, 6.07) is 2.25. The fraction of sp³-hybridized carbons (Fsp3) is 0.538. The van der Waals surface area contributed by atoms with Crippen LogP contribution in [-0.4, -0.2) is 12.2 Å². The molecule has 3 N–H and O–H groups in total. The maximum absolute atomic E-state index is 13.3. The van der Waals surface area contributed by atoms with E-state index in [0.717, 1.165) is 18.6 Å². The molecule has 1 aromatic carbocycles. The van der Waals surface area contributed by atoms with Crippen molar-refractivity contribution in [1.82, 2.24) is 5.43 Å². The summed E-state index contributed by atoms with van der Waals surface area (Å²) in [5.74, 6) is 4.17. The topological polar surface area (TPSA) is 47.3 Å². The van der Waals surface area contributed by atoms with E-state index in [1.807, 2.05) is 0 Å². The van der Waals surface area contributed by atoms with Gasteiger partial charge >= 0.3 is 6.18 Å². The first kappa shape index (κ1) is 15.2. The van der Waals surface area contributed by atoms with Crippen LogP contribution in [0.2, 0.25) is 0 Å². The quantitative estimate of drug-likeness (QED) is 0.511. The van der Waals surface area contributed by atoms with Crippen LogP contribution >= 0.6 is 0 Å². The van der Waals surface area contributed by atoms with E-state index in [0.29, 0.717) is 13.0 Å². The Balaban J connectivity index is 2.41. The molecular weight excluding hydrogens is 276 g/mol. The lowest BCUT2D eigenvalue weighted by molar-refractivity contribution is -0.140. The van der Waals surface area contributed by atoms with Gasteiger partial charge in [-0.3, -0.25) is 11.3 Å². The van der Waals surface area contributed by atoms with Crippen molar-refractivity contribution < 1.29 is 22.3 Å². The van der Waals surface area contributed by atoms with Gasteiger partial charge in [0.2, 0.25) is 0 Å². The molecule has 2 rings (SSSR count). The molecule has 1 aromatic rings. The Morgan fingerprint density at radius 2 is 2.10 bits per heavy atom. The van der Waals surface area contributed by atoms with E-state index in [9.17, 15) is 17.6 Å². The lowest BCUT2D eigenvalue weighted by Gasteiger charge is -2.33. The molecule has 1 fully saturated rings. The van der Waals surface area contributed by atoms with Gasteiger partial charge in [0.1, 0.15) is 5.82 Å². The fourth-order valence-corrected chi connectivity index (χ4v) is 2.59. The highest BCUT2D eigenvalue weighted by Gasteiger charge is 2.41. The third kappa shape index (κ3) is 2.79. The van der Waals surface area contributed by atoms with Crippen LogP contribution in [0.1, 0.15) is 36.9 Å². The standard InChI is InChI=1S/C13H16F4N2O/c1-12(5-2-6-20-12)11(19-18)8-3-4-10(14)9(7-8)13(15,16)17/h3-4,7,11,19H,2,5-6,18H2,1H3. The smallest absolute Gasteiger partial charge is 0.373 e. The van der Waals surface area contributed by atoms with Gasteiger partial charge in [0.25, 0.3) is 0 Å². The molecule has 7 heteroatoms. The van der Waals surface area contributed by atoms with E-state index in [2.05, 4.69) is 5.43 Å². The number of hydrogen-bond donors (Lipinski definition) is 2. The van der Waals surface area contributed by atoms with Gasteiger partial charge in [0.15, 0.2) is 0 Å². The highest BCUT2D eigenvalue weighted by molar-refractivity contribution is 5.31. The predicted octanol–water partition coefficient (Wildman–Crippen LogP) is 2.92. The summed E-state index contributed by atoms with van der Waals surface area (Å²) in [6.07, 6.45) is -3.26. The van der Waals surface area contributed by atoms with Crippen LogP contribution in [0.15, 0.2) is 18.2 Å². The average molecular weight is 292 g/mol. The molecule has 112 valence electrons. The zero-order chi connectivity index (χ0) is 15.0. The van der Waals surface area contributed by atoms with E-state index in [4.69, 9.17) is 10.6 Å². The summed E-state index contributed by atoms with van der Waals surface area (Å²) < 4.78 is 57.1.